The number of aliphatic hydroxyl groups is 1. The van der Waals surface area contributed by atoms with Crippen LogP contribution in [0.15, 0.2) is 66.9 Å². The van der Waals surface area contributed by atoms with Gasteiger partial charge >= 0.3 is 0 Å². The van der Waals surface area contributed by atoms with Crippen molar-refractivity contribution in [2.45, 2.75) is 20.0 Å². The first-order chi connectivity index (χ1) is 11.8. The fraction of sp³-hybridized carbons (Fsp3) is 0.250. The highest BCUT2D eigenvalue weighted by molar-refractivity contribution is 5.32. The Kier molecular flexibility index (Phi) is 5.41. The van der Waals surface area contributed by atoms with E-state index in [1.807, 2.05) is 60.1 Å². The standard InChI is InChI=1S/C20H23N3O/c1-17-19(16-23(21-17)20-10-6-3-7-11-20)15-22(12-13-24)14-18-8-4-2-5-9-18/h2-11,16,24H,12-15H2,1H3. The molecule has 0 saturated carbocycles. The summed E-state index contributed by atoms with van der Waals surface area (Å²) in [7, 11) is 0. The van der Waals surface area contributed by atoms with Gasteiger partial charge in [-0.25, -0.2) is 4.68 Å². The molecule has 1 aromatic heterocycles. The van der Waals surface area contributed by atoms with Gasteiger partial charge in [-0.1, -0.05) is 48.5 Å². The summed E-state index contributed by atoms with van der Waals surface area (Å²) in [4.78, 5) is 2.24. The molecule has 0 fully saturated rings. The molecule has 0 aliphatic heterocycles. The lowest BCUT2D eigenvalue weighted by molar-refractivity contribution is 0.184. The molecule has 0 bridgehead atoms. The maximum atomic E-state index is 9.38. The number of para-hydroxylation sites is 1. The number of aliphatic hydroxyl groups excluding tert-OH is 1. The molecule has 3 rings (SSSR count). The summed E-state index contributed by atoms with van der Waals surface area (Å²) in [5.74, 6) is 0. The molecular weight excluding hydrogens is 298 g/mol. The minimum absolute atomic E-state index is 0.151. The van der Waals surface area contributed by atoms with Crippen LogP contribution < -0.4 is 0 Å². The Morgan fingerprint density at radius 2 is 1.62 bits per heavy atom. The second-order valence-corrected chi connectivity index (χ2v) is 5.94. The third-order valence-electron chi connectivity index (χ3n) is 4.08. The van der Waals surface area contributed by atoms with Crippen LogP contribution in [0.3, 0.4) is 0 Å². The van der Waals surface area contributed by atoms with Gasteiger partial charge in [0.2, 0.25) is 0 Å². The van der Waals surface area contributed by atoms with Crippen molar-refractivity contribution < 1.29 is 5.11 Å². The zero-order chi connectivity index (χ0) is 16.8. The normalized spacial score (nSPS) is 11.1. The van der Waals surface area contributed by atoms with Gasteiger partial charge in [0.05, 0.1) is 18.0 Å². The van der Waals surface area contributed by atoms with E-state index in [9.17, 15) is 5.11 Å². The van der Waals surface area contributed by atoms with E-state index in [2.05, 4.69) is 28.3 Å². The summed E-state index contributed by atoms with van der Waals surface area (Å²) < 4.78 is 1.92. The Morgan fingerprint density at radius 3 is 2.29 bits per heavy atom. The minimum atomic E-state index is 0.151. The third-order valence-corrected chi connectivity index (χ3v) is 4.08. The van der Waals surface area contributed by atoms with Gasteiger partial charge in [0, 0.05) is 31.4 Å². The van der Waals surface area contributed by atoms with Crippen LogP contribution in [0.1, 0.15) is 16.8 Å². The molecular formula is C20H23N3O. The number of aromatic nitrogens is 2. The maximum absolute atomic E-state index is 9.38. The van der Waals surface area contributed by atoms with Crippen LogP contribution in [0.5, 0.6) is 0 Å². The van der Waals surface area contributed by atoms with E-state index in [0.717, 1.165) is 24.5 Å². The Balaban J connectivity index is 1.76. The van der Waals surface area contributed by atoms with Crippen molar-refractivity contribution in [3.8, 4) is 5.69 Å². The van der Waals surface area contributed by atoms with Crippen LogP contribution in [0, 0.1) is 6.92 Å². The number of rotatable bonds is 7. The Labute approximate surface area is 143 Å². The number of hydrogen-bond acceptors (Lipinski definition) is 3. The van der Waals surface area contributed by atoms with Crippen LogP contribution in [-0.2, 0) is 13.1 Å². The average molecular weight is 321 g/mol. The smallest absolute Gasteiger partial charge is 0.0645 e. The molecule has 0 aliphatic carbocycles. The molecule has 1 heterocycles. The molecule has 2 aromatic carbocycles. The number of nitrogens with zero attached hydrogens (tertiary/aromatic N) is 3. The van der Waals surface area contributed by atoms with Crippen molar-refractivity contribution in [3.63, 3.8) is 0 Å². The van der Waals surface area contributed by atoms with Gasteiger partial charge < -0.3 is 5.11 Å². The summed E-state index contributed by atoms with van der Waals surface area (Å²) in [6.45, 7) is 4.42. The van der Waals surface area contributed by atoms with Gasteiger partial charge in [0.15, 0.2) is 0 Å². The SMILES string of the molecule is Cc1nn(-c2ccccc2)cc1CN(CCO)Cc1ccccc1. The van der Waals surface area contributed by atoms with Crippen molar-refractivity contribution in [1.82, 2.24) is 14.7 Å². The fourth-order valence-corrected chi connectivity index (χ4v) is 2.80. The lowest BCUT2D eigenvalue weighted by Gasteiger charge is -2.21. The highest BCUT2D eigenvalue weighted by Gasteiger charge is 2.12. The van der Waals surface area contributed by atoms with Crippen molar-refractivity contribution in [2.75, 3.05) is 13.2 Å². The second kappa shape index (κ2) is 7.90. The van der Waals surface area contributed by atoms with Gasteiger partial charge in [0.1, 0.15) is 0 Å². The quantitative estimate of drug-likeness (QED) is 0.727. The molecule has 1 N–H and O–H groups in total. The minimum Gasteiger partial charge on any atom is -0.395 e. The lowest BCUT2D eigenvalue weighted by Crippen LogP contribution is -2.26. The second-order valence-electron chi connectivity index (χ2n) is 5.94. The van der Waals surface area contributed by atoms with E-state index >= 15 is 0 Å². The van der Waals surface area contributed by atoms with Crippen LogP contribution in [0.2, 0.25) is 0 Å². The van der Waals surface area contributed by atoms with E-state index in [1.54, 1.807) is 0 Å². The fourth-order valence-electron chi connectivity index (χ4n) is 2.80. The van der Waals surface area contributed by atoms with Gasteiger partial charge in [-0.2, -0.15) is 5.10 Å². The summed E-state index contributed by atoms with van der Waals surface area (Å²) in [5, 5.41) is 14.0. The first-order valence-electron chi connectivity index (χ1n) is 8.24. The first-order valence-corrected chi connectivity index (χ1v) is 8.24. The Morgan fingerprint density at radius 1 is 0.958 bits per heavy atom. The van der Waals surface area contributed by atoms with Gasteiger partial charge in [0.25, 0.3) is 0 Å². The third kappa shape index (κ3) is 4.10. The summed E-state index contributed by atoms with van der Waals surface area (Å²) in [6, 6.07) is 20.5. The summed E-state index contributed by atoms with van der Waals surface area (Å²) in [6.07, 6.45) is 2.08. The molecule has 3 aromatic rings. The molecule has 0 saturated heterocycles. The highest BCUT2D eigenvalue weighted by Crippen LogP contribution is 2.15. The molecule has 4 nitrogen and oxygen atoms in total. The molecule has 0 radical (unpaired) electrons. The van der Waals surface area contributed by atoms with E-state index in [4.69, 9.17) is 0 Å². The monoisotopic (exact) mass is 321 g/mol. The summed E-state index contributed by atoms with van der Waals surface area (Å²) >= 11 is 0. The first kappa shape index (κ1) is 16.4. The largest absolute Gasteiger partial charge is 0.395 e. The van der Waals surface area contributed by atoms with Crippen LogP contribution >= 0.6 is 0 Å². The molecule has 0 amide bonds. The molecule has 4 heteroatoms. The zero-order valence-corrected chi connectivity index (χ0v) is 14.0. The Bertz CT molecular complexity index is 753. The predicted octanol–water partition coefficient (Wildman–Crippen LogP) is 3.18. The predicted molar refractivity (Wildman–Crippen MR) is 95.9 cm³/mol. The molecule has 24 heavy (non-hydrogen) atoms. The van der Waals surface area contributed by atoms with E-state index in [0.29, 0.717) is 6.54 Å². The Hall–Kier alpha value is -2.43. The molecule has 0 atom stereocenters. The van der Waals surface area contributed by atoms with Gasteiger partial charge in [-0.15, -0.1) is 0 Å². The van der Waals surface area contributed by atoms with Crippen LogP contribution in [0.4, 0.5) is 0 Å². The lowest BCUT2D eigenvalue weighted by atomic mass is 10.2. The van der Waals surface area contributed by atoms with E-state index in [-0.39, 0.29) is 6.61 Å². The van der Waals surface area contributed by atoms with E-state index in [1.165, 1.54) is 11.1 Å². The van der Waals surface area contributed by atoms with E-state index < -0.39 is 0 Å². The molecule has 0 aliphatic rings. The number of hydrogen-bond donors (Lipinski definition) is 1. The summed E-state index contributed by atoms with van der Waals surface area (Å²) in [5.41, 5.74) is 4.51. The number of benzene rings is 2. The average Bonchev–Trinajstić information content (AvgIpc) is 2.98. The molecule has 124 valence electrons. The van der Waals surface area contributed by atoms with Crippen LogP contribution in [0.25, 0.3) is 5.69 Å². The number of aryl methyl sites for hydroxylation is 1. The zero-order valence-electron chi connectivity index (χ0n) is 14.0. The topological polar surface area (TPSA) is 41.3 Å². The highest BCUT2D eigenvalue weighted by atomic mass is 16.3. The van der Waals surface area contributed by atoms with Gasteiger partial charge in [-0.05, 0) is 24.6 Å². The maximum Gasteiger partial charge on any atom is 0.0645 e. The molecule has 0 spiro atoms. The van der Waals surface area contributed by atoms with Crippen molar-refractivity contribution in [2.24, 2.45) is 0 Å². The van der Waals surface area contributed by atoms with Crippen molar-refractivity contribution in [3.05, 3.63) is 83.7 Å². The van der Waals surface area contributed by atoms with Crippen LogP contribution in [-0.4, -0.2) is 32.9 Å². The van der Waals surface area contributed by atoms with Crippen molar-refractivity contribution in [1.29, 1.82) is 0 Å². The van der Waals surface area contributed by atoms with Crippen molar-refractivity contribution >= 4 is 0 Å². The molecule has 0 unspecified atom stereocenters. The van der Waals surface area contributed by atoms with Gasteiger partial charge in [-0.3, -0.25) is 4.90 Å².